The second kappa shape index (κ2) is 5.70. The second-order valence-corrected chi connectivity index (χ2v) is 7.04. The van der Waals surface area contributed by atoms with Crippen LogP contribution in [0.15, 0.2) is 0 Å². The number of thioether (sulfide) groups is 1. The quantitative estimate of drug-likeness (QED) is 0.849. The summed E-state index contributed by atoms with van der Waals surface area (Å²) in [4.78, 5) is 0. The Bertz CT molecular complexity index is 275. The number of hydrogen-bond donors (Lipinski definition) is 1. The Hall–Kier alpha value is 0.230. The van der Waals surface area contributed by atoms with Crippen molar-refractivity contribution in [2.75, 3.05) is 24.7 Å². The van der Waals surface area contributed by atoms with Gasteiger partial charge in [0.2, 0.25) is 0 Å². The van der Waals surface area contributed by atoms with Crippen LogP contribution in [0, 0.1) is 0 Å². The molecule has 1 aliphatic carbocycles. The van der Waals surface area contributed by atoms with Crippen LogP contribution in [-0.4, -0.2) is 48.5 Å². The third kappa shape index (κ3) is 2.87. The number of hydrogen-bond acceptors (Lipinski definition) is 4. The maximum absolute atomic E-state index is 6.06. The van der Waals surface area contributed by atoms with E-state index in [1.165, 1.54) is 43.6 Å². The Morgan fingerprint density at radius 1 is 1.39 bits per heavy atom. The molecule has 2 unspecified atom stereocenters. The second-order valence-electron chi connectivity index (χ2n) is 5.94. The average Bonchev–Trinajstić information content (AvgIpc) is 2.75. The van der Waals surface area contributed by atoms with E-state index < -0.39 is 0 Å². The molecule has 104 valence electrons. The van der Waals surface area contributed by atoms with E-state index in [0.717, 1.165) is 13.2 Å². The molecule has 0 aromatic rings. The van der Waals surface area contributed by atoms with Crippen molar-refractivity contribution < 1.29 is 9.47 Å². The van der Waals surface area contributed by atoms with Gasteiger partial charge in [-0.1, -0.05) is 0 Å². The maximum Gasteiger partial charge on any atom is 0.0795 e. The zero-order valence-corrected chi connectivity index (χ0v) is 12.1. The Labute approximate surface area is 114 Å². The summed E-state index contributed by atoms with van der Waals surface area (Å²) in [6.07, 6.45) is 6.57. The summed E-state index contributed by atoms with van der Waals surface area (Å²) in [5, 5.41) is 3.83. The molecule has 2 atom stereocenters. The van der Waals surface area contributed by atoms with Crippen molar-refractivity contribution in [2.24, 2.45) is 0 Å². The highest BCUT2D eigenvalue weighted by Gasteiger charge is 2.41. The monoisotopic (exact) mass is 271 g/mol. The van der Waals surface area contributed by atoms with Gasteiger partial charge in [-0.05, 0) is 44.8 Å². The lowest BCUT2D eigenvalue weighted by Crippen LogP contribution is -2.54. The van der Waals surface area contributed by atoms with Crippen LogP contribution in [0.1, 0.15) is 39.0 Å². The smallest absolute Gasteiger partial charge is 0.0795 e. The van der Waals surface area contributed by atoms with Gasteiger partial charge < -0.3 is 14.8 Å². The molecule has 0 aromatic carbocycles. The molecule has 0 amide bonds. The van der Waals surface area contributed by atoms with Crippen molar-refractivity contribution >= 4 is 11.8 Å². The number of nitrogens with one attached hydrogen (secondary N) is 1. The number of ether oxygens (including phenoxy) is 2. The van der Waals surface area contributed by atoms with Crippen molar-refractivity contribution in [3.8, 4) is 0 Å². The topological polar surface area (TPSA) is 30.5 Å². The Morgan fingerprint density at radius 2 is 2.28 bits per heavy atom. The average molecular weight is 271 g/mol. The van der Waals surface area contributed by atoms with E-state index in [1.54, 1.807) is 0 Å². The summed E-state index contributed by atoms with van der Waals surface area (Å²) in [6.45, 7) is 3.88. The summed E-state index contributed by atoms with van der Waals surface area (Å²) in [7, 11) is 0. The van der Waals surface area contributed by atoms with E-state index in [2.05, 4.69) is 24.0 Å². The highest BCUT2D eigenvalue weighted by molar-refractivity contribution is 7.99. The van der Waals surface area contributed by atoms with Gasteiger partial charge in [-0.25, -0.2) is 0 Å². The molecule has 2 saturated heterocycles. The molecule has 3 aliphatic rings. The van der Waals surface area contributed by atoms with Gasteiger partial charge in [-0.15, -0.1) is 0 Å². The third-order valence-corrected chi connectivity index (χ3v) is 5.75. The fraction of sp³-hybridized carbons (Fsp3) is 1.00. The predicted octanol–water partition coefficient (Wildman–Crippen LogP) is 2.20. The van der Waals surface area contributed by atoms with E-state index in [-0.39, 0.29) is 5.60 Å². The van der Waals surface area contributed by atoms with Crippen LogP contribution < -0.4 is 5.32 Å². The first-order valence-corrected chi connectivity index (χ1v) is 8.54. The lowest BCUT2D eigenvalue weighted by molar-refractivity contribution is -0.0772. The molecule has 2 aliphatic heterocycles. The van der Waals surface area contributed by atoms with Gasteiger partial charge in [0.25, 0.3) is 0 Å². The molecule has 3 fully saturated rings. The van der Waals surface area contributed by atoms with Gasteiger partial charge in [-0.2, -0.15) is 11.8 Å². The van der Waals surface area contributed by atoms with Crippen molar-refractivity contribution in [3.63, 3.8) is 0 Å². The SMILES string of the molecule is CCOC1CC(NC2CCOC3(CCSC3)C2)C1. The van der Waals surface area contributed by atoms with Crippen LogP contribution in [0.3, 0.4) is 0 Å². The molecule has 3 nitrogen and oxygen atoms in total. The molecule has 0 radical (unpaired) electrons. The maximum atomic E-state index is 6.06. The summed E-state index contributed by atoms with van der Waals surface area (Å²) in [5.74, 6) is 2.49. The summed E-state index contributed by atoms with van der Waals surface area (Å²) in [5.41, 5.74) is 0.212. The van der Waals surface area contributed by atoms with E-state index in [4.69, 9.17) is 9.47 Å². The van der Waals surface area contributed by atoms with Gasteiger partial charge in [0.15, 0.2) is 0 Å². The van der Waals surface area contributed by atoms with E-state index in [9.17, 15) is 0 Å². The Morgan fingerprint density at radius 3 is 3.00 bits per heavy atom. The predicted molar refractivity (Wildman–Crippen MR) is 75.2 cm³/mol. The van der Waals surface area contributed by atoms with E-state index in [0.29, 0.717) is 18.2 Å². The van der Waals surface area contributed by atoms with Crippen LogP contribution in [0.4, 0.5) is 0 Å². The van der Waals surface area contributed by atoms with E-state index >= 15 is 0 Å². The lowest BCUT2D eigenvalue weighted by Gasteiger charge is -2.43. The molecule has 4 heteroatoms. The Balaban J connectivity index is 1.43. The van der Waals surface area contributed by atoms with Gasteiger partial charge in [0.05, 0.1) is 11.7 Å². The minimum Gasteiger partial charge on any atom is -0.378 e. The van der Waals surface area contributed by atoms with Crippen molar-refractivity contribution in [2.45, 2.75) is 62.8 Å². The molecular formula is C14H25NO2S. The molecule has 3 rings (SSSR count). The third-order valence-electron chi connectivity index (χ3n) is 4.53. The fourth-order valence-corrected chi connectivity index (χ4v) is 4.82. The minimum absolute atomic E-state index is 0.212. The molecule has 1 spiro atoms. The van der Waals surface area contributed by atoms with Crippen LogP contribution in [0.5, 0.6) is 0 Å². The van der Waals surface area contributed by atoms with Crippen LogP contribution in [0.25, 0.3) is 0 Å². The van der Waals surface area contributed by atoms with Gasteiger partial charge in [0, 0.05) is 31.1 Å². The summed E-state index contributed by atoms with van der Waals surface area (Å²) >= 11 is 2.05. The molecule has 18 heavy (non-hydrogen) atoms. The van der Waals surface area contributed by atoms with Crippen LogP contribution in [0.2, 0.25) is 0 Å². The highest BCUT2D eigenvalue weighted by Crippen LogP contribution is 2.38. The largest absolute Gasteiger partial charge is 0.378 e. The zero-order chi connectivity index (χ0) is 12.4. The first-order valence-electron chi connectivity index (χ1n) is 7.39. The number of rotatable bonds is 4. The molecule has 1 N–H and O–H groups in total. The normalized spacial score (nSPS) is 44.2. The summed E-state index contributed by atoms with van der Waals surface area (Å²) < 4.78 is 11.7. The van der Waals surface area contributed by atoms with Crippen LogP contribution >= 0.6 is 11.8 Å². The highest BCUT2D eigenvalue weighted by atomic mass is 32.2. The van der Waals surface area contributed by atoms with Crippen molar-refractivity contribution in [1.29, 1.82) is 0 Å². The Kier molecular flexibility index (Phi) is 4.18. The molecular weight excluding hydrogens is 246 g/mol. The standard InChI is InChI=1S/C14H25NO2S/c1-2-16-13-7-12(8-13)15-11-3-5-17-14(9-11)4-6-18-10-14/h11-13,15H,2-10H2,1H3. The summed E-state index contributed by atoms with van der Waals surface area (Å²) in [6, 6.07) is 1.36. The van der Waals surface area contributed by atoms with Crippen LogP contribution in [-0.2, 0) is 9.47 Å². The van der Waals surface area contributed by atoms with Gasteiger partial charge in [-0.3, -0.25) is 0 Å². The van der Waals surface area contributed by atoms with E-state index in [1.807, 2.05) is 0 Å². The zero-order valence-electron chi connectivity index (χ0n) is 11.3. The lowest BCUT2D eigenvalue weighted by atomic mass is 9.85. The molecule has 0 bridgehead atoms. The fourth-order valence-electron chi connectivity index (χ4n) is 3.44. The minimum atomic E-state index is 0.212. The van der Waals surface area contributed by atoms with Gasteiger partial charge >= 0.3 is 0 Å². The van der Waals surface area contributed by atoms with Gasteiger partial charge in [0.1, 0.15) is 0 Å². The first kappa shape index (κ1) is 13.2. The molecule has 1 saturated carbocycles. The molecule has 0 aromatic heterocycles. The first-order chi connectivity index (χ1) is 8.80. The molecule has 2 heterocycles. The van der Waals surface area contributed by atoms with Crippen molar-refractivity contribution in [1.82, 2.24) is 5.32 Å². The van der Waals surface area contributed by atoms with Crippen molar-refractivity contribution in [3.05, 3.63) is 0 Å².